The van der Waals surface area contributed by atoms with Crippen LogP contribution in [-0.2, 0) is 0 Å². The maximum atomic E-state index is 12.7. The zero-order chi connectivity index (χ0) is 16.4. The fourth-order valence-electron chi connectivity index (χ4n) is 3.00. The smallest absolute Gasteiger partial charge is 0.254 e. The summed E-state index contributed by atoms with van der Waals surface area (Å²) in [5.41, 5.74) is 4.31. The molecule has 1 aliphatic rings. The van der Waals surface area contributed by atoms with E-state index in [0.29, 0.717) is 0 Å². The number of piperazine rings is 1. The van der Waals surface area contributed by atoms with E-state index in [9.17, 15) is 4.79 Å². The number of anilines is 1. The molecular weight excluding hydrogens is 352 g/mol. The molecular formula is C19H21BrN2O. The van der Waals surface area contributed by atoms with Gasteiger partial charge in [0.05, 0.1) is 5.69 Å². The summed E-state index contributed by atoms with van der Waals surface area (Å²) >= 11 is 3.65. The largest absolute Gasteiger partial charge is 0.367 e. The van der Waals surface area contributed by atoms with E-state index in [4.69, 9.17) is 0 Å². The van der Waals surface area contributed by atoms with Gasteiger partial charge in [-0.15, -0.1) is 0 Å². The lowest BCUT2D eigenvalue weighted by Gasteiger charge is -2.36. The zero-order valence-corrected chi connectivity index (χ0v) is 15.1. The Labute approximate surface area is 146 Å². The molecule has 4 heteroatoms. The molecule has 0 radical (unpaired) electrons. The molecule has 0 atom stereocenters. The molecule has 0 aromatic heterocycles. The van der Waals surface area contributed by atoms with Gasteiger partial charge in [0.15, 0.2) is 0 Å². The van der Waals surface area contributed by atoms with Crippen molar-refractivity contribution in [3.63, 3.8) is 0 Å². The van der Waals surface area contributed by atoms with E-state index in [2.05, 4.69) is 46.0 Å². The van der Waals surface area contributed by atoms with Gasteiger partial charge >= 0.3 is 0 Å². The van der Waals surface area contributed by atoms with Crippen LogP contribution in [0, 0.1) is 13.8 Å². The molecule has 0 saturated carbocycles. The van der Waals surface area contributed by atoms with Gasteiger partial charge in [-0.05, 0) is 59.1 Å². The number of hydrogen-bond acceptors (Lipinski definition) is 2. The van der Waals surface area contributed by atoms with Crippen molar-refractivity contribution in [2.24, 2.45) is 0 Å². The minimum atomic E-state index is 0.144. The first kappa shape index (κ1) is 16.1. The van der Waals surface area contributed by atoms with Crippen LogP contribution >= 0.6 is 15.9 Å². The summed E-state index contributed by atoms with van der Waals surface area (Å²) in [6, 6.07) is 14.2. The Morgan fingerprint density at radius 2 is 1.70 bits per heavy atom. The van der Waals surface area contributed by atoms with Crippen molar-refractivity contribution in [3.8, 4) is 0 Å². The lowest BCUT2D eigenvalue weighted by Crippen LogP contribution is -2.49. The molecule has 1 amide bonds. The number of carbonyl (C=O) groups excluding carboxylic acids is 1. The first-order valence-corrected chi connectivity index (χ1v) is 8.71. The van der Waals surface area contributed by atoms with Crippen LogP contribution in [-0.4, -0.2) is 37.0 Å². The summed E-state index contributed by atoms with van der Waals surface area (Å²) in [4.78, 5) is 17.0. The number of amides is 1. The predicted molar refractivity (Wildman–Crippen MR) is 98.2 cm³/mol. The third-order valence-electron chi connectivity index (χ3n) is 4.39. The van der Waals surface area contributed by atoms with Gasteiger partial charge in [0.2, 0.25) is 0 Å². The second-order valence-corrected chi connectivity index (χ2v) is 6.90. The average Bonchev–Trinajstić information content (AvgIpc) is 2.55. The number of halogens is 1. The summed E-state index contributed by atoms with van der Waals surface area (Å²) < 4.78 is 1.12. The third-order valence-corrected chi connectivity index (χ3v) is 5.02. The first-order valence-electron chi connectivity index (χ1n) is 7.92. The molecule has 2 aromatic carbocycles. The Morgan fingerprint density at radius 3 is 2.35 bits per heavy atom. The Hall–Kier alpha value is -1.81. The monoisotopic (exact) mass is 372 g/mol. The second-order valence-electron chi connectivity index (χ2n) is 6.05. The van der Waals surface area contributed by atoms with Gasteiger partial charge in [-0.3, -0.25) is 4.79 Å². The Kier molecular flexibility index (Phi) is 4.71. The Balaban J connectivity index is 1.69. The molecule has 120 valence electrons. The van der Waals surface area contributed by atoms with Crippen molar-refractivity contribution in [2.75, 3.05) is 31.1 Å². The van der Waals surface area contributed by atoms with Gasteiger partial charge < -0.3 is 9.80 Å². The van der Waals surface area contributed by atoms with E-state index in [1.807, 2.05) is 36.1 Å². The average molecular weight is 373 g/mol. The predicted octanol–water partition coefficient (Wildman–Crippen LogP) is 4.03. The number of hydrogen-bond donors (Lipinski definition) is 0. The fraction of sp³-hybridized carbons (Fsp3) is 0.316. The van der Waals surface area contributed by atoms with Crippen molar-refractivity contribution < 1.29 is 4.79 Å². The van der Waals surface area contributed by atoms with Gasteiger partial charge in [-0.25, -0.2) is 0 Å². The standard InChI is InChI=1S/C19H21BrN2O/c1-14-7-8-18(17(20)13-14)21-9-11-22(12-10-21)19(23)16-6-4-3-5-15(16)2/h3-8,13H,9-12H2,1-2H3. The molecule has 0 unspecified atom stereocenters. The molecule has 1 saturated heterocycles. The van der Waals surface area contributed by atoms with Gasteiger partial charge in [0.25, 0.3) is 5.91 Å². The quantitative estimate of drug-likeness (QED) is 0.794. The molecule has 23 heavy (non-hydrogen) atoms. The maximum Gasteiger partial charge on any atom is 0.254 e. The minimum Gasteiger partial charge on any atom is -0.367 e. The van der Waals surface area contributed by atoms with Crippen LogP contribution in [0.1, 0.15) is 21.5 Å². The van der Waals surface area contributed by atoms with Gasteiger partial charge in [0, 0.05) is 36.2 Å². The Bertz CT molecular complexity index is 721. The topological polar surface area (TPSA) is 23.6 Å². The maximum absolute atomic E-state index is 12.7. The molecule has 1 aliphatic heterocycles. The van der Waals surface area contributed by atoms with E-state index < -0.39 is 0 Å². The van der Waals surface area contributed by atoms with Crippen molar-refractivity contribution in [1.82, 2.24) is 4.90 Å². The lowest BCUT2D eigenvalue weighted by molar-refractivity contribution is 0.0746. The molecule has 0 aliphatic carbocycles. The molecule has 0 N–H and O–H groups in total. The second kappa shape index (κ2) is 6.75. The molecule has 1 fully saturated rings. The van der Waals surface area contributed by atoms with Crippen LogP contribution in [0.15, 0.2) is 46.9 Å². The Morgan fingerprint density at radius 1 is 1.00 bits per heavy atom. The summed E-state index contributed by atoms with van der Waals surface area (Å²) in [6.45, 7) is 7.32. The van der Waals surface area contributed by atoms with Gasteiger partial charge in [-0.1, -0.05) is 24.3 Å². The van der Waals surface area contributed by atoms with Crippen molar-refractivity contribution in [2.45, 2.75) is 13.8 Å². The molecule has 3 rings (SSSR count). The highest BCUT2D eigenvalue weighted by Gasteiger charge is 2.23. The number of rotatable bonds is 2. The summed E-state index contributed by atoms with van der Waals surface area (Å²) in [7, 11) is 0. The minimum absolute atomic E-state index is 0.144. The van der Waals surface area contributed by atoms with Gasteiger partial charge in [-0.2, -0.15) is 0 Å². The number of aryl methyl sites for hydroxylation is 2. The van der Waals surface area contributed by atoms with Crippen molar-refractivity contribution >= 4 is 27.5 Å². The molecule has 1 heterocycles. The summed E-state index contributed by atoms with van der Waals surface area (Å²) in [5.74, 6) is 0.144. The first-order chi connectivity index (χ1) is 11.1. The molecule has 0 bridgehead atoms. The molecule has 3 nitrogen and oxygen atoms in total. The van der Waals surface area contributed by atoms with E-state index in [0.717, 1.165) is 41.8 Å². The third kappa shape index (κ3) is 3.42. The number of benzene rings is 2. The van der Waals surface area contributed by atoms with Crippen LogP contribution in [0.4, 0.5) is 5.69 Å². The molecule has 0 spiro atoms. The van der Waals surface area contributed by atoms with Crippen LogP contribution in [0.5, 0.6) is 0 Å². The van der Waals surface area contributed by atoms with Crippen LogP contribution in [0.2, 0.25) is 0 Å². The van der Waals surface area contributed by atoms with E-state index >= 15 is 0 Å². The van der Waals surface area contributed by atoms with Gasteiger partial charge in [0.1, 0.15) is 0 Å². The van der Waals surface area contributed by atoms with E-state index in [-0.39, 0.29) is 5.91 Å². The normalized spacial score (nSPS) is 14.9. The van der Waals surface area contributed by atoms with Crippen LogP contribution < -0.4 is 4.90 Å². The van der Waals surface area contributed by atoms with Crippen LogP contribution in [0.3, 0.4) is 0 Å². The number of nitrogens with zero attached hydrogens (tertiary/aromatic N) is 2. The fourth-order valence-corrected chi connectivity index (χ4v) is 3.75. The highest BCUT2D eigenvalue weighted by atomic mass is 79.9. The SMILES string of the molecule is Cc1ccc(N2CCN(C(=O)c3ccccc3C)CC2)c(Br)c1. The highest BCUT2D eigenvalue weighted by Crippen LogP contribution is 2.28. The zero-order valence-electron chi connectivity index (χ0n) is 13.6. The van der Waals surface area contributed by atoms with Crippen molar-refractivity contribution in [3.05, 3.63) is 63.6 Å². The number of carbonyl (C=O) groups is 1. The lowest BCUT2D eigenvalue weighted by atomic mass is 10.1. The summed E-state index contributed by atoms with van der Waals surface area (Å²) in [5, 5.41) is 0. The van der Waals surface area contributed by atoms with Crippen LogP contribution in [0.25, 0.3) is 0 Å². The molecule has 2 aromatic rings. The van der Waals surface area contributed by atoms with E-state index in [1.165, 1.54) is 11.3 Å². The van der Waals surface area contributed by atoms with Crippen molar-refractivity contribution in [1.29, 1.82) is 0 Å². The summed E-state index contributed by atoms with van der Waals surface area (Å²) in [6.07, 6.45) is 0. The van der Waals surface area contributed by atoms with E-state index in [1.54, 1.807) is 0 Å². The highest BCUT2D eigenvalue weighted by molar-refractivity contribution is 9.10.